The van der Waals surface area contributed by atoms with E-state index in [-0.39, 0.29) is 0 Å². The standard InChI is InChI=1S/C14H20N4/c1-11(2)13-10-12(16-17-15)6-7-14(13)18-8-4-3-5-9-18/h6-7,10-11H,3-5,8-9H2,1-2H3. The molecule has 1 heterocycles. The van der Waals surface area contributed by atoms with Crippen LogP contribution in [0.4, 0.5) is 11.4 Å². The normalized spacial score (nSPS) is 15.6. The molecule has 96 valence electrons. The minimum Gasteiger partial charge on any atom is -0.371 e. The van der Waals surface area contributed by atoms with Gasteiger partial charge in [-0.2, -0.15) is 0 Å². The zero-order chi connectivity index (χ0) is 13.0. The van der Waals surface area contributed by atoms with Gasteiger partial charge in [0, 0.05) is 29.4 Å². The molecule has 0 spiro atoms. The summed E-state index contributed by atoms with van der Waals surface area (Å²) < 4.78 is 0. The Hall–Kier alpha value is -1.67. The minimum absolute atomic E-state index is 0.441. The van der Waals surface area contributed by atoms with Gasteiger partial charge in [0.25, 0.3) is 0 Å². The Labute approximate surface area is 108 Å². The van der Waals surface area contributed by atoms with Gasteiger partial charge in [-0.1, -0.05) is 25.0 Å². The lowest BCUT2D eigenvalue weighted by atomic mass is 9.98. The van der Waals surface area contributed by atoms with Crippen molar-refractivity contribution in [3.05, 3.63) is 34.2 Å². The molecule has 0 atom stereocenters. The molecule has 1 aliphatic heterocycles. The first kappa shape index (κ1) is 12.8. The molecule has 0 unspecified atom stereocenters. The molecule has 1 saturated heterocycles. The highest BCUT2D eigenvalue weighted by atomic mass is 15.1. The average molecular weight is 244 g/mol. The van der Waals surface area contributed by atoms with E-state index < -0.39 is 0 Å². The van der Waals surface area contributed by atoms with Crippen molar-refractivity contribution in [2.45, 2.75) is 39.0 Å². The van der Waals surface area contributed by atoms with E-state index in [0.29, 0.717) is 11.6 Å². The molecule has 4 heteroatoms. The van der Waals surface area contributed by atoms with Crippen LogP contribution < -0.4 is 4.90 Å². The second-order valence-electron chi connectivity index (χ2n) is 5.13. The summed E-state index contributed by atoms with van der Waals surface area (Å²) in [4.78, 5) is 5.32. The van der Waals surface area contributed by atoms with Crippen LogP contribution in [0, 0.1) is 0 Å². The first-order valence-corrected chi connectivity index (χ1v) is 6.66. The van der Waals surface area contributed by atoms with Crippen LogP contribution in [0.1, 0.15) is 44.6 Å². The fourth-order valence-corrected chi connectivity index (χ4v) is 2.54. The topological polar surface area (TPSA) is 52.0 Å². The summed E-state index contributed by atoms with van der Waals surface area (Å²) in [6.07, 6.45) is 3.88. The highest BCUT2D eigenvalue weighted by Gasteiger charge is 2.16. The summed E-state index contributed by atoms with van der Waals surface area (Å²) in [5, 5.41) is 3.70. The second kappa shape index (κ2) is 5.78. The molecule has 1 aromatic rings. The van der Waals surface area contributed by atoms with Crippen LogP contribution in [0.5, 0.6) is 0 Å². The van der Waals surface area contributed by atoms with Gasteiger partial charge in [0.2, 0.25) is 0 Å². The smallest absolute Gasteiger partial charge is 0.0401 e. The summed E-state index contributed by atoms with van der Waals surface area (Å²) in [5.74, 6) is 0.441. The van der Waals surface area contributed by atoms with Gasteiger partial charge in [-0.25, -0.2) is 0 Å². The fraction of sp³-hybridized carbons (Fsp3) is 0.571. The van der Waals surface area contributed by atoms with Crippen molar-refractivity contribution < 1.29 is 0 Å². The molecule has 1 aliphatic rings. The summed E-state index contributed by atoms with van der Waals surface area (Å²) in [7, 11) is 0. The maximum Gasteiger partial charge on any atom is 0.0401 e. The second-order valence-corrected chi connectivity index (χ2v) is 5.13. The molecule has 18 heavy (non-hydrogen) atoms. The third-order valence-corrected chi connectivity index (χ3v) is 3.49. The predicted octanol–water partition coefficient (Wildman–Crippen LogP) is 4.74. The van der Waals surface area contributed by atoms with E-state index in [1.807, 2.05) is 12.1 Å². The number of azide groups is 1. The van der Waals surface area contributed by atoms with Gasteiger partial charge in [-0.05, 0) is 48.4 Å². The van der Waals surface area contributed by atoms with Crippen LogP contribution in [0.15, 0.2) is 23.3 Å². The maximum atomic E-state index is 8.52. The summed E-state index contributed by atoms with van der Waals surface area (Å²) in [6, 6.07) is 6.04. The average Bonchev–Trinajstić information content (AvgIpc) is 2.40. The molecular weight excluding hydrogens is 224 g/mol. The van der Waals surface area contributed by atoms with Crippen LogP contribution >= 0.6 is 0 Å². The first-order chi connectivity index (χ1) is 8.72. The van der Waals surface area contributed by atoms with Crippen molar-refractivity contribution in [3.63, 3.8) is 0 Å². The number of rotatable bonds is 3. The summed E-state index contributed by atoms with van der Waals surface area (Å²) in [5.41, 5.74) is 11.8. The van der Waals surface area contributed by atoms with Crippen LogP contribution in [-0.4, -0.2) is 13.1 Å². The molecule has 1 fully saturated rings. The quantitative estimate of drug-likeness (QED) is 0.430. The number of hydrogen-bond donors (Lipinski definition) is 0. The minimum atomic E-state index is 0.441. The van der Waals surface area contributed by atoms with Crippen molar-refractivity contribution in [1.82, 2.24) is 0 Å². The van der Waals surface area contributed by atoms with Gasteiger partial charge in [0.05, 0.1) is 0 Å². The van der Waals surface area contributed by atoms with E-state index in [2.05, 4.69) is 34.8 Å². The molecule has 0 saturated carbocycles. The third kappa shape index (κ3) is 2.77. The van der Waals surface area contributed by atoms with E-state index in [1.54, 1.807) is 0 Å². The van der Waals surface area contributed by atoms with Crippen molar-refractivity contribution in [1.29, 1.82) is 0 Å². The van der Waals surface area contributed by atoms with Gasteiger partial charge >= 0.3 is 0 Å². The summed E-state index contributed by atoms with van der Waals surface area (Å²) >= 11 is 0. The van der Waals surface area contributed by atoms with Crippen molar-refractivity contribution in [2.75, 3.05) is 18.0 Å². The zero-order valence-electron chi connectivity index (χ0n) is 11.1. The van der Waals surface area contributed by atoms with Crippen LogP contribution in [0.3, 0.4) is 0 Å². The van der Waals surface area contributed by atoms with E-state index in [4.69, 9.17) is 5.53 Å². The van der Waals surface area contributed by atoms with Crippen LogP contribution in [0.25, 0.3) is 10.4 Å². The summed E-state index contributed by atoms with van der Waals surface area (Å²) in [6.45, 7) is 6.65. The molecular formula is C14H20N4. The van der Waals surface area contributed by atoms with E-state index in [0.717, 1.165) is 13.1 Å². The van der Waals surface area contributed by atoms with Crippen molar-refractivity contribution in [3.8, 4) is 0 Å². The Kier molecular flexibility index (Phi) is 4.11. The molecule has 0 radical (unpaired) electrons. The highest BCUT2D eigenvalue weighted by molar-refractivity contribution is 5.60. The molecule has 0 N–H and O–H groups in total. The molecule has 2 rings (SSSR count). The number of hydrogen-bond acceptors (Lipinski definition) is 2. The van der Waals surface area contributed by atoms with Gasteiger partial charge < -0.3 is 4.90 Å². The Morgan fingerprint density at radius 1 is 1.22 bits per heavy atom. The predicted molar refractivity (Wildman–Crippen MR) is 75.4 cm³/mol. The number of piperidine rings is 1. The largest absolute Gasteiger partial charge is 0.371 e. The van der Waals surface area contributed by atoms with E-state index in [1.165, 1.54) is 30.5 Å². The Morgan fingerprint density at radius 3 is 2.56 bits per heavy atom. The SMILES string of the molecule is CC(C)c1cc(N=[N+]=[N-])ccc1N1CCCCC1. The van der Waals surface area contributed by atoms with E-state index in [9.17, 15) is 0 Å². The Balaban J connectivity index is 2.36. The van der Waals surface area contributed by atoms with Gasteiger partial charge in [-0.15, -0.1) is 0 Å². The van der Waals surface area contributed by atoms with Crippen molar-refractivity contribution >= 4 is 11.4 Å². The molecule has 0 aliphatic carbocycles. The zero-order valence-corrected chi connectivity index (χ0v) is 11.1. The lowest BCUT2D eigenvalue weighted by Gasteiger charge is -2.31. The number of nitrogens with zero attached hydrogens (tertiary/aromatic N) is 4. The van der Waals surface area contributed by atoms with Crippen molar-refractivity contribution in [2.24, 2.45) is 5.11 Å². The van der Waals surface area contributed by atoms with Crippen LogP contribution in [0.2, 0.25) is 0 Å². The lowest BCUT2D eigenvalue weighted by Crippen LogP contribution is -2.30. The Bertz CT molecular complexity index is 455. The fourth-order valence-electron chi connectivity index (χ4n) is 2.54. The molecule has 0 bridgehead atoms. The number of benzene rings is 1. The maximum absolute atomic E-state index is 8.52. The van der Waals surface area contributed by atoms with Gasteiger partial charge in [-0.3, -0.25) is 0 Å². The van der Waals surface area contributed by atoms with Gasteiger partial charge in [0.1, 0.15) is 0 Å². The third-order valence-electron chi connectivity index (χ3n) is 3.49. The molecule has 0 amide bonds. The van der Waals surface area contributed by atoms with E-state index >= 15 is 0 Å². The lowest BCUT2D eigenvalue weighted by molar-refractivity contribution is 0.575. The monoisotopic (exact) mass is 244 g/mol. The highest BCUT2D eigenvalue weighted by Crippen LogP contribution is 2.32. The molecule has 1 aromatic carbocycles. The van der Waals surface area contributed by atoms with Crippen LogP contribution in [-0.2, 0) is 0 Å². The number of anilines is 1. The molecule has 0 aromatic heterocycles. The van der Waals surface area contributed by atoms with Gasteiger partial charge in [0.15, 0.2) is 0 Å². The first-order valence-electron chi connectivity index (χ1n) is 6.66. The molecule has 4 nitrogen and oxygen atoms in total. The Morgan fingerprint density at radius 2 is 1.94 bits per heavy atom.